The van der Waals surface area contributed by atoms with Crippen molar-refractivity contribution in [1.29, 1.82) is 0 Å². The lowest BCUT2D eigenvalue weighted by Gasteiger charge is -2.33. The van der Waals surface area contributed by atoms with Gasteiger partial charge in [-0.25, -0.2) is 4.79 Å². The van der Waals surface area contributed by atoms with Crippen LogP contribution in [0.4, 0.5) is 0 Å². The Balaban J connectivity index is 1.85. The molecule has 0 spiro atoms. The van der Waals surface area contributed by atoms with Gasteiger partial charge in [-0.3, -0.25) is 4.90 Å². The topological polar surface area (TPSA) is 41.6 Å². The van der Waals surface area contributed by atoms with E-state index in [4.69, 9.17) is 4.74 Å². The molecule has 1 N–H and O–H groups in total. The third kappa shape index (κ3) is 3.31. The van der Waals surface area contributed by atoms with Gasteiger partial charge in [-0.05, 0) is 6.42 Å². The molecule has 0 radical (unpaired) electrons. The lowest BCUT2D eigenvalue weighted by Crippen LogP contribution is -2.48. The van der Waals surface area contributed by atoms with E-state index in [1.54, 1.807) is 6.08 Å². The first-order chi connectivity index (χ1) is 8.81. The Kier molecular flexibility index (Phi) is 4.73. The van der Waals surface area contributed by atoms with E-state index in [2.05, 4.69) is 22.9 Å². The Morgan fingerprint density at radius 2 is 2.33 bits per heavy atom. The molecule has 1 saturated heterocycles. The van der Waals surface area contributed by atoms with Gasteiger partial charge in [0.2, 0.25) is 0 Å². The Bertz CT molecular complexity index is 368. The molecule has 1 atom stereocenters. The summed E-state index contributed by atoms with van der Waals surface area (Å²) in [5.74, 6) is -0.259. The Morgan fingerprint density at radius 1 is 1.56 bits per heavy atom. The summed E-state index contributed by atoms with van der Waals surface area (Å²) in [5.41, 5.74) is 0.656. The van der Waals surface area contributed by atoms with Gasteiger partial charge in [-0.1, -0.05) is 30.9 Å². The predicted octanol–water partition coefficient (Wildman–Crippen LogP) is 0.876. The van der Waals surface area contributed by atoms with Crippen LogP contribution in [0.3, 0.4) is 0 Å². The zero-order chi connectivity index (χ0) is 12.8. The fourth-order valence-electron chi connectivity index (χ4n) is 2.26. The van der Waals surface area contributed by atoms with E-state index in [0.717, 1.165) is 32.6 Å². The van der Waals surface area contributed by atoms with E-state index < -0.39 is 0 Å². The molecule has 18 heavy (non-hydrogen) atoms. The van der Waals surface area contributed by atoms with Gasteiger partial charge in [0.1, 0.15) is 6.61 Å². The minimum absolute atomic E-state index is 0.259. The van der Waals surface area contributed by atoms with Gasteiger partial charge < -0.3 is 10.1 Å². The van der Waals surface area contributed by atoms with Crippen LogP contribution in [-0.2, 0) is 9.53 Å². The van der Waals surface area contributed by atoms with Gasteiger partial charge in [-0.2, -0.15) is 0 Å². The largest absolute Gasteiger partial charge is 0.458 e. The van der Waals surface area contributed by atoms with Crippen LogP contribution in [0.1, 0.15) is 6.42 Å². The normalized spacial score (nSPS) is 24.4. The van der Waals surface area contributed by atoms with Gasteiger partial charge >= 0.3 is 5.97 Å². The lowest BCUT2D eigenvalue weighted by molar-refractivity contribution is -0.137. The van der Waals surface area contributed by atoms with Crippen LogP contribution in [0.15, 0.2) is 36.5 Å². The molecule has 0 saturated carbocycles. The highest BCUT2D eigenvalue weighted by molar-refractivity contribution is 5.91. The van der Waals surface area contributed by atoms with E-state index in [-0.39, 0.29) is 12.6 Å². The summed E-state index contributed by atoms with van der Waals surface area (Å²) in [5, 5.41) is 3.34. The summed E-state index contributed by atoms with van der Waals surface area (Å²) in [4.78, 5) is 14.1. The molecule has 1 unspecified atom stereocenters. The predicted molar refractivity (Wildman–Crippen MR) is 71.2 cm³/mol. The second-order valence-electron chi connectivity index (χ2n) is 4.49. The standard InChI is InChI=1S/C14H20N2O2/c1-2-11-18-14(17)12-3-5-13(6-4-12)16-9-7-15-8-10-16/h2-5,13,15H,1,6-11H2. The zero-order valence-electron chi connectivity index (χ0n) is 10.6. The third-order valence-corrected chi connectivity index (χ3v) is 3.27. The summed E-state index contributed by atoms with van der Waals surface area (Å²) in [6.07, 6.45) is 8.42. The van der Waals surface area contributed by atoms with Crippen LogP contribution in [0.2, 0.25) is 0 Å². The highest BCUT2D eigenvalue weighted by atomic mass is 16.5. The van der Waals surface area contributed by atoms with Gasteiger partial charge in [0.25, 0.3) is 0 Å². The summed E-state index contributed by atoms with van der Waals surface area (Å²) in [6.45, 7) is 8.02. The third-order valence-electron chi connectivity index (χ3n) is 3.27. The van der Waals surface area contributed by atoms with Crippen LogP contribution in [0.5, 0.6) is 0 Å². The first-order valence-electron chi connectivity index (χ1n) is 6.42. The number of nitrogens with zero attached hydrogens (tertiary/aromatic N) is 1. The first-order valence-corrected chi connectivity index (χ1v) is 6.42. The van der Waals surface area contributed by atoms with Crippen LogP contribution < -0.4 is 5.32 Å². The molecular weight excluding hydrogens is 228 g/mol. The van der Waals surface area contributed by atoms with Crippen LogP contribution in [0.25, 0.3) is 0 Å². The SMILES string of the molecule is C=CCOC(=O)C1=CCC(N2CCNCC2)C=C1. The molecule has 98 valence electrons. The number of ether oxygens (including phenoxy) is 1. The maximum Gasteiger partial charge on any atom is 0.338 e. The van der Waals surface area contributed by atoms with Crippen LogP contribution in [-0.4, -0.2) is 49.7 Å². The fourth-order valence-corrected chi connectivity index (χ4v) is 2.26. The Hall–Kier alpha value is -1.39. The molecule has 4 nitrogen and oxygen atoms in total. The molecule has 0 amide bonds. The molecular formula is C14H20N2O2. The molecule has 1 heterocycles. The maximum absolute atomic E-state index is 11.6. The van der Waals surface area contributed by atoms with Crippen molar-refractivity contribution in [2.45, 2.75) is 12.5 Å². The molecule has 1 aliphatic heterocycles. The van der Waals surface area contributed by atoms with Gasteiger partial charge in [0.05, 0.1) is 5.57 Å². The molecule has 4 heteroatoms. The second kappa shape index (κ2) is 6.52. The van der Waals surface area contributed by atoms with Gasteiger partial charge in [0.15, 0.2) is 0 Å². The Labute approximate surface area is 108 Å². The van der Waals surface area contributed by atoms with Gasteiger partial charge in [-0.15, -0.1) is 0 Å². The molecule has 0 aromatic carbocycles. The average Bonchev–Trinajstić information content (AvgIpc) is 2.46. The van der Waals surface area contributed by atoms with Crippen molar-refractivity contribution in [2.75, 3.05) is 32.8 Å². The number of hydrogen-bond acceptors (Lipinski definition) is 4. The van der Waals surface area contributed by atoms with E-state index in [9.17, 15) is 4.79 Å². The van der Waals surface area contributed by atoms with Crippen molar-refractivity contribution in [3.63, 3.8) is 0 Å². The highest BCUT2D eigenvalue weighted by Crippen LogP contribution is 2.17. The van der Waals surface area contributed by atoms with E-state index in [1.807, 2.05) is 12.2 Å². The molecule has 0 aromatic rings. The van der Waals surface area contributed by atoms with Crippen LogP contribution in [0, 0.1) is 0 Å². The average molecular weight is 248 g/mol. The highest BCUT2D eigenvalue weighted by Gasteiger charge is 2.21. The number of carbonyl (C=O) groups excluding carboxylic acids is 1. The summed E-state index contributed by atoms with van der Waals surface area (Å²) < 4.78 is 5.01. The van der Waals surface area contributed by atoms with Gasteiger partial charge in [0, 0.05) is 32.2 Å². The number of piperazine rings is 1. The van der Waals surface area contributed by atoms with E-state index in [0.29, 0.717) is 11.6 Å². The molecule has 0 aromatic heterocycles. The number of hydrogen-bond donors (Lipinski definition) is 1. The molecule has 1 aliphatic carbocycles. The lowest BCUT2D eigenvalue weighted by atomic mass is 10.0. The molecule has 2 rings (SSSR count). The Morgan fingerprint density at radius 3 is 2.94 bits per heavy atom. The molecule has 0 bridgehead atoms. The number of rotatable bonds is 4. The zero-order valence-corrected chi connectivity index (χ0v) is 10.6. The number of nitrogens with one attached hydrogen (secondary N) is 1. The summed E-state index contributed by atoms with van der Waals surface area (Å²) in [6, 6.07) is 0.419. The van der Waals surface area contributed by atoms with Crippen molar-refractivity contribution in [3.05, 3.63) is 36.5 Å². The number of esters is 1. The minimum Gasteiger partial charge on any atom is -0.458 e. The quantitative estimate of drug-likeness (QED) is 0.592. The van der Waals surface area contributed by atoms with Crippen molar-refractivity contribution < 1.29 is 9.53 Å². The monoisotopic (exact) mass is 248 g/mol. The van der Waals surface area contributed by atoms with Crippen LogP contribution >= 0.6 is 0 Å². The van der Waals surface area contributed by atoms with Crippen molar-refractivity contribution in [2.24, 2.45) is 0 Å². The van der Waals surface area contributed by atoms with E-state index >= 15 is 0 Å². The van der Waals surface area contributed by atoms with Crippen molar-refractivity contribution >= 4 is 5.97 Å². The summed E-state index contributed by atoms with van der Waals surface area (Å²) in [7, 11) is 0. The number of carbonyl (C=O) groups is 1. The smallest absolute Gasteiger partial charge is 0.338 e. The second-order valence-corrected chi connectivity index (χ2v) is 4.49. The van der Waals surface area contributed by atoms with Crippen molar-refractivity contribution in [3.8, 4) is 0 Å². The minimum atomic E-state index is -0.259. The van der Waals surface area contributed by atoms with Crippen molar-refractivity contribution in [1.82, 2.24) is 10.2 Å². The fraction of sp³-hybridized carbons (Fsp3) is 0.500. The summed E-state index contributed by atoms with van der Waals surface area (Å²) >= 11 is 0. The maximum atomic E-state index is 11.6. The van der Waals surface area contributed by atoms with E-state index in [1.165, 1.54) is 0 Å². The first kappa shape index (κ1) is 13.1. The molecule has 2 aliphatic rings. The molecule has 1 fully saturated rings.